The van der Waals surface area contributed by atoms with Crippen LogP contribution in [-0.4, -0.2) is 34.0 Å². The van der Waals surface area contributed by atoms with Crippen molar-refractivity contribution >= 4 is 45.9 Å². The van der Waals surface area contributed by atoms with Crippen LogP contribution in [0.2, 0.25) is 5.02 Å². The van der Waals surface area contributed by atoms with Gasteiger partial charge in [-0.05, 0) is 50.1 Å². The third kappa shape index (κ3) is 11.1. The van der Waals surface area contributed by atoms with Crippen molar-refractivity contribution in [2.45, 2.75) is 117 Å². The number of carbonyl (C=O) groups is 3. The SMILES string of the molecule is CCCCCCCCCCCCCCCCOC(=O)c1ccc(Cl)c(NC(=O)C(C(C)=O)n2ncc3ccc(C)cc32)c1. The number of rotatable bonds is 20. The fourth-order valence-electron chi connectivity index (χ4n) is 5.32. The van der Waals surface area contributed by atoms with Gasteiger partial charge < -0.3 is 10.1 Å². The summed E-state index contributed by atoms with van der Waals surface area (Å²) < 4.78 is 6.90. The maximum absolute atomic E-state index is 13.3. The zero-order valence-electron chi connectivity index (χ0n) is 26.1. The summed E-state index contributed by atoms with van der Waals surface area (Å²) in [5.74, 6) is -1.43. The maximum Gasteiger partial charge on any atom is 0.338 e. The van der Waals surface area contributed by atoms with E-state index in [1.807, 2.05) is 25.1 Å². The molecule has 1 aromatic heterocycles. The van der Waals surface area contributed by atoms with E-state index in [2.05, 4.69) is 17.3 Å². The highest BCUT2D eigenvalue weighted by atomic mass is 35.5. The highest BCUT2D eigenvalue weighted by molar-refractivity contribution is 6.34. The Kier molecular flexibility index (Phi) is 14.7. The van der Waals surface area contributed by atoms with Crippen LogP contribution in [0.4, 0.5) is 5.69 Å². The molecule has 1 unspecified atom stereocenters. The number of halogens is 1. The second-order valence-electron chi connectivity index (χ2n) is 11.6. The molecule has 1 atom stereocenters. The predicted molar refractivity (Wildman–Crippen MR) is 175 cm³/mol. The van der Waals surface area contributed by atoms with Crippen LogP contribution in [0.3, 0.4) is 0 Å². The molecule has 0 saturated carbocycles. The topological polar surface area (TPSA) is 90.3 Å². The first-order chi connectivity index (χ1) is 20.8. The lowest BCUT2D eigenvalue weighted by atomic mass is 10.0. The molecule has 0 aliphatic carbocycles. The molecule has 43 heavy (non-hydrogen) atoms. The molecule has 3 rings (SSSR count). The molecule has 0 radical (unpaired) electrons. The zero-order valence-corrected chi connectivity index (χ0v) is 26.9. The van der Waals surface area contributed by atoms with Crippen LogP contribution >= 0.6 is 11.6 Å². The molecule has 8 heteroatoms. The highest BCUT2D eigenvalue weighted by Gasteiger charge is 2.28. The molecule has 0 aliphatic heterocycles. The van der Waals surface area contributed by atoms with Gasteiger partial charge >= 0.3 is 5.97 Å². The number of carbonyl (C=O) groups excluding carboxylic acids is 3. The fraction of sp³-hybridized carbons (Fsp3) is 0.543. The zero-order chi connectivity index (χ0) is 31.0. The van der Waals surface area contributed by atoms with Gasteiger partial charge in [-0.3, -0.25) is 9.59 Å². The molecular weight excluding hydrogens is 562 g/mol. The maximum atomic E-state index is 13.3. The van der Waals surface area contributed by atoms with Crippen molar-refractivity contribution < 1.29 is 19.1 Å². The molecule has 234 valence electrons. The molecule has 1 heterocycles. The molecule has 7 nitrogen and oxygen atoms in total. The minimum atomic E-state index is -1.19. The van der Waals surface area contributed by atoms with Crippen LogP contribution in [-0.2, 0) is 14.3 Å². The average molecular weight is 610 g/mol. The van der Waals surface area contributed by atoms with Crippen LogP contribution in [0.1, 0.15) is 126 Å². The highest BCUT2D eigenvalue weighted by Crippen LogP contribution is 2.26. The van der Waals surface area contributed by atoms with Crippen molar-refractivity contribution in [2.75, 3.05) is 11.9 Å². The predicted octanol–water partition coefficient (Wildman–Crippen LogP) is 9.41. The largest absolute Gasteiger partial charge is 0.462 e. The number of anilines is 1. The van der Waals surface area contributed by atoms with E-state index in [4.69, 9.17) is 16.3 Å². The molecule has 0 fully saturated rings. The van der Waals surface area contributed by atoms with E-state index in [1.54, 1.807) is 12.3 Å². The van der Waals surface area contributed by atoms with Crippen LogP contribution < -0.4 is 5.32 Å². The first kappa shape index (κ1) is 34.3. The van der Waals surface area contributed by atoms with Crippen LogP contribution in [0.15, 0.2) is 42.6 Å². The van der Waals surface area contributed by atoms with E-state index in [0.717, 1.165) is 30.2 Å². The lowest BCUT2D eigenvalue weighted by molar-refractivity contribution is -0.129. The summed E-state index contributed by atoms with van der Waals surface area (Å²) in [5, 5.41) is 8.10. The van der Waals surface area contributed by atoms with Gasteiger partial charge in [0.1, 0.15) is 0 Å². The first-order valence-electron chi connectivity index (χ1n) is 16.0. The number of aryl methyl sites for hydroxylation is 1. The van der Waals surface area contributed by atoms with Gasteiger partial charge in [-0.2, -0.15) is 5.10 Å². The van der Waals surface area contributed by atoms with E-state index in [9.17, 15) is 14.4 Å². The molecule has 2 aromatic carbocycles. The van der Waals surface area contributed by atoms with Gasteiger partial charge in [-0.25, -0.2) is 9.48 Å². The van der Waals surface area contributed by atoms with E-state index in [-0.39, 0.29) is 22.1 Å². The Morgan fingerprint density at radius 1 is 0.860 bits per heavy atom. The number of esters is 1. The lowest BCUT2D eigenvalue weighted by Gasteiger charge is -2.17. The van der Waals surface area contributed by atoms with Crippen LogP contribution in [0.25, 0.3) is 10.9 Å². The number of ether oxygens (including phenoxy) is 1. The Morgan fingerprint density at radius 3 is 2.07 bits per heavy atom. The lowest BCUT2D eigenvalue weighted by Crippen LogP contribution is -2.32. The van der Waals surface area contributed by atoms with Gasteiger partial charge in [-0.1, -0.05) is 114 Å². The van der Waals surface area contributed by atoms with E-state index in [0.29, 0.717) is 12.1 Å². The quantitative estimate of drug-likeness (QED) is 0.0782. The third-order valence-corrected chi connectivity index (χ3v) is 8.15. The van der Waals surface area contributed by atoms with Crippen LogP contribution in [0.5, 0.6) is 0 Å². The van der Waals surface area contributed by atoms with Crippen molar-refractivity contribution in [1.82, 2.24) is 9.78 Å². The normalized spacial score (nSPS) is 11.9. The van der Waals surface area contributed by atoms with E-state index >= 15 is 0 Å². The minimum Gasteiger partial charge on any atom is -0.462 e. The third-order valence-electron chi connectivity index (χ3n) is 7.82. The Bertz CT molecular complexity index is 1340. The molecule has 0 spiro atoms. The van der Waals surface area contributed by atoms with Crippen LogP contribution in [0, 0.1) is 6.92 Å². The number of hydrogen-bond donors (Lipinski definition) is 1. The molecule has 1 N–H and O–H groups in total. The Morgan fingerprint density at radius 2 is 1.47 bits per heavy atom. The van der Waals surface area contributed by atoms with E-state index < -0.39 is 17.9 Å². The second-order valence-corrected chi connectivity index (χ2v) is 12.0. The van der Waals surface area contributed by atoms with Crippen molar-refractivity contribution in [1.29, 1.82) is 0 Å². The van der Waals surface area contributed by atoms with Crippen molar-refractivity contribution in [3.63, 3.8) is 0 Å². The van der Waals surface area contributed by atoms with Crippen molar-refractivity contribution in [2.24, 2.45) is 0 Å². The number of nitrogens with zero attached hydrogens (tertiary/aromatic N) is 2. The molecular formula is C35H48ClN3O4. The number of hydrogen-bond acceptors (Lipinski definition) is 5. The molecule has 0 saturated heterocycles. The summed E-state index contributed by atoms with van der Waals surface area (Å²) >= 11 is 6.34. The summed E-state index contributed by atoms with van der Waals surface area (Å²) in [6, 6.07) is 9.12. The Labute approximate surface area is 261 Å². The number of Topliss-reactive ketones (excluding diaryl/α,β-unsaturated/α-hetero) is 1. The van der Waals surface area contributed by atoms with Gasteiger partial charge in [0.2, 0.25) is 0 Å². The second kappa shape index (κ2) is 18.5. The van der Waals surface area contributed by atoms with Gasteiger partial charge in [-0.15, -0.1) is 0 Å². The molecule has 1 amide bonds. The van der Waals surface area contributed by atoms with Crippen molar-refractivity contribution in [3.05, 3.63) is 58.7 Å². The molecule has 0 bridgehead atoms. The number of benzene rings is 2. The minimum absolute atomic E-state index is 0.233. The van der Waals surface area contributed by atoms with E-state index in [1.165, 1.54) is 94.4 Å². The van der Waals surface area contributed by atoms with Gasteiger partial charge in [0.15, 0.2) is 11.8 Å². The average Bonchev–Trinajstić information content (AvgIpc) is 3.38. The molecule has 0 aliphatic rings. The summed E-state index contributed by atoms with van der Waals surface area (Å²) in [4.78, 5) is 38.5. The summed E-state index contributed by atoms with van der Waals surface area (Å²) in [6.45, 7) is 5.89. The summed E-state index contributed by atoms with van der Waals surface area (Å²) in [6.07, 6.45) is 19.3. The molecule has 3 aromatic rings. The first-order valence-corrected chi connectivity index (χ1v) is 16.4. The van der Waals surface area contributed by atoms with Gasteiger partial charge in [0, 0.05) is 5.39 Å². The number of amides is 1. The number of aromatic nitrogens is 2. The Balaban J connectivity index is 1.40. The Hall–Kier alpha value is -3.19. The van der Waals surface area contributed by atoms with Gasteiger partial charge in [0.05, 0.1) is 34.6 Å². The van der Waals surface area contributed by atoms with Crippen molar-refractivity contribution in [3.8, 4) is 0 Å². The number of ketones is 1. The number of fused-ring (bicyclic) bond motifs is 1. The summed E-state index contributed by atoms with van der Waals surface area (Å²) in [5.41, 5.74) is 2.18. The summed E-state index contributed by atoms with van der Waals surface area (Å²) in [7, 11) is 0. The fourth-order valence-corrected chi connectivity index (χ4v) is 5.48. The smallest absolute Gasteiger partial charge is 0.338 e. The van der Waals surface area contributed by atoms with Gasteiger partial charge in [0.25, 0.3) is 5.91 Å². The standard InChI is InChI=1S/C35H48ClN3O4/c1-4-5-6-7-8-9-10-11-12-13-14-15-16-17-22-43-35(42)28-20-21-30(36)31(24-28)38-34(41)33(27(3)40)39-32-23-26(2)18-19-29(32)25-37-39/h18-21,23-25,33H,4-17,22H2,1-3H3,(H,38,41). The number of nitrogens with one attached hydrogen (secondary N) is 1. The monoisotopic (exact) mass is 609 g/mol. The number of unbranched alkanes of at least 4 members (excludes halogenated alkanes) is 13.